The molecule has 2 aromatic carbocycles. The summed E-state index contributed by atoms with van der Waals surface area (Å²) in [7, 11) is 0. The van der Waals surface area contributed by atoms with E-state index in [1.54, 1.807) is 12.4 Å². The van der Waals surface area contributed by atoms with Crippen LogP contribution in [0.1, 0.15) is 11.4 Å². The van der Waals surface area contributed by atoms with Gasteiger partial charge in [-0.25, -0.2) is 4.98 Å². The minimum atomic E-state index is -0.182. The number of aryl methyl sites for hydroxylation is 1. The maximum absolute atomic E-state index is 12.4. The molecule has 0 fully saturated rings. The first-order valence-electron chi connectivity index (χ1n) is 7.91. The number of nitrogens with one attached hydrogen (secondary N) is 2. The molecule has 0 saturated heterocycles. The number of para-hydroxylation sites is 1. The van der Waals surface area contributed by atoms with Crippen molar-refractivity contribution in [3.63, 3.8) is 0 Å². The monoisotopic (exact) mass is 332 g/mol. The zero-order valence-corrected chi connectivity index (χ0v) is 13.6. The molecule has 0 radical (unpaired) electrons. The van der Waals surface area contributed by atoms with E-state index in [0.717, 1.165) is 22.4 Å². The van der Waals surface area contributed by atoms with Crippen molar-refractivity contribution in [1.29, 1.82) is 0 Å². The predicted molar refractivity (Wildman–Crippen MR) is 95.5 cm³/mol. The minimum Gasteiger partial charge on any atom is -0.485 e. The molecule has 0 amide bonds. The highest BCUT2D eigenvalue weighted by molar-refractivity contribution is 5.83. The van der Waals surface area contributed by atoms with Gasteiger partial charge in [0.25, 0.3) is 5.56 Å². The van der Waals surface area contributed by atoms with Crippen molar-refractivity contribution in [3.8, 4) is 16.9 Å². The normalized spacial score (nSPS) is 10.9. The Morgan fingerprint density at radius 1 is 1.12 bits per heavy atom. The Bertz CT molecular complexity index is 1080. The summed E-state index contributed by atoms with van der Waals surface area (Å²) in [6.07, 6.45) is 3.50. The van der Waals surface area contributed by atoms with Crippen molar-refractivity contribution in [3.05, 3.63) is 76.6 Å². The molecule has 0 atom stereocenters. The van der Waals surface area contributed by atoms with Crippen molar-refractivity contribution >= 4 is 10.9 Å². The second-order valence-corrected chi connectivity index (χ2v) is 5.79. The topological polar surface area (TPSA) is 83.7 Å². The molecule has 6 nitrogen and oxygen atoms in total. The van der Waals surface area contributed by atoms with Crippen LogP contribution in [0.2, 0.25) is 0 Å². The fourth-order valence-corrected chi connectivity index (χ4v) is 2.71. The van der Waals surface area contributed by atoms with Crippen LogP contribution in [-0.4, -0.2) is 20.2 Å². The highest BCUT2D eigenvalue weighted by atomic mass is 16.5. The lowest BCUT2D eigenvalue weighted by Crippen LogP contribution is -2.13. The highest BCUT2D eigenvalue weighted by Gasteiger charge is 2.08. The first-order chi connectivity index (χ1) is 12.2. The highest BCUT2D eigenvalue weighted by Crippen LogP contribution is 2.21. The third-order valence-corrected chi connectivity index (χ3v) is 4.04. The quantitative estimate of drug-likeness (QED) is 0.601. The van der Waals surface area contributed by atoms with Crippen LogP contribution in [0.3, 0.4) is 0 Å². The molecular formula is C19H16N4O2. The van der Waals surface area contributed by atoms with Crippen molar-refractivity contribution in [1.82, 2.24) is 20.2 Å². The van der Waals surface area contributed by atoms with E-state index in [1.165, 1.54) is 0 Å². The Kier molecular flexibility index (Phi) is 3.78. The van der Waals surface area contributed by atoms with Crippen LogP contribution in [0.25, 0.3) is 22.0 Å². The number of fused-ring (bicyclic) bond motifs is 1. The van der Waals surface area contributed by atoms with Crippen LogP contribution in [-0.2, 0) is 6.61 Å². The third-order valence-electron chi connectivity index (χ3n) is 4.04. The summed E-state index contributed by atoms with van der Waals surface area (Å²) in [6.45, 7) is 2.18. The molecule has 0 aliphatic carbocycles. The molecule has 0 aliphatic rings. The molecular weight excluding hydrogens is 316 g/mol. The van der Waals surface area contributed by atoms with E-state index in [9.17, 15) is 4.79 Å². The van der Waals surface area contributed by atoms with Gasteiger partial charge in [-0.15, -0.1) is 0 Å². The van der Waals surface area contributed by atoms with E-state index in [-0.39, 0.29) is 12.2 Å². The Balaban J connectivity index is 1.65. The Morgan fingerprint density at radius 2 is 2.00 bits per heavy atom. The van der Waals surface area contributed by atoms with Gasteiger partial charge >= 0.3 is 0 Å². The predicted octanol–water partition coefficient (Wildman–Crippen LogP) is 3.20. The van der Waals surface area contributed by atoms with Gasteiger partial charge in [0.2, 0.25) is 0 Å². The number of H-pyrrole nitrogens is 2. The summed E-state index contributed by atoms with van der Waals surface area (Å²) in [5, 5.41) is 7.24. The number of aromatic nitrogens is 4. The van der Waals surface area contributed by atoms with Gasteiger partial charge in [0.15, 0.2) is 0 Å². The second kappa shape index (κ2) is 6.24. The van der Waals surface area contributed by atoms with Crippen LogP contribution in [0.5, 0.6) is 5.75 Å². The zero-order valence-electron chi connectivity index (χ0n) is 13.6. The van der Waals surface area contributed by atoms with Gasteiger partial charge in [0, 0.05) is 11.8 Å². The smallest absolute Gasteiger partial charge is 0.258 e. The van der Waals surface area contributed by atoms with Crippen LogP contribution >= 0.6 is 0 Å². The molecule has 4 rings (SSSR count). The van der Waals surface area contributed by atoms with E-state index in [1.807, 2.05) is 49.4 Å². The van der Waals surface area contributed by atoms with Crippen LogP contribution in [0, 0.1) is 6.92 Å². The largest absolute Gasteiger partial charge is 0.485 e. The average molecular weight is 332 g/mol. The van der Waals surface area contributed by atoms with Gasteiger partial charge in [-0.05, 0) is 36.2 Å². The molecule has 6 heteroatoms. The first-order valence-corrected chi connectivity index (χ1v) is 7.91. The molecule has 0 unspecified atom stereocenters. The van der Waals surface area contributed by atoms with Gasteiger partial charge in [-0.2, -0.15) is 5.10 Å². The van der Waals surface area contributed by atoms with Crippen molar-refractivity contribution < 1.29 is 4.74 Å². The van der Waals surface area contributed by atoms with E-state index in [4.69, 9.17) is 4.74 Å². The number of ether oxygens (including phenoxy) is 1. The molecule has 4 aromatic rings. The average Bonchev–Trinajstić information content (AvgIpc) is 3.15. The number of benzene rings is 2. The lowest BCUT2D eigenvalue weighted by Gasteiger charge is -2.09. The Labute approximate surface area is 143 Å². The summed E-state index contributed by atoms with van der Waals surface area (Å²) in [5.41, 5.74) is 3.33. The van der Waals surface area contributed by atoms with E-state index in [2.05, 4.69) is 20.2 Å². The fourth-order valence-electron chi connectivity index (χ4n) is 2.71. The summed E-state index contributed by atoms with van der Waals surface area (Å²) < 4.78 is 5.76. The van der Waals surface area contributed by atoms with E-state index >= 15 is 0 Å². The minimum absolute atomic E-state index is 0.182. The van der Waals surface area contributed by atoms with Gasteiger partial charge in [-0.3, -0.25) is 9.89 Å². The Hall–Kier alpha value is -3.41. The molecule has 0 spiro atoms. The first kappa shape index (κ1) is 15.1. The summed E-state index contributed by atoms with van der Waals surface area (Å²) in [5.74, 6) is 1.28. The van der Waals surface area contributed by atoms with E-state index in [0.29, 0.717) is 16.7 Å². The van der Waals surface area contributed by atoms with Crippen LogP contribution in [0.15, 0.2) is 59.7 Å². The van der Waals surface area contributed by atoms with Gasteiger partial charge in [-0.1, -0.05) is 24.3 Å². The molecule has 25 heavy (non-hydrogen) atoms. The Morgan fingerprint density at radius 3 is 2.80 bits per heavy atom. The summed E-state index contributed by atoms with van der Waals surface area (Å²) in [6, 6.07) is 13.3. The fraction of sp³-hybridized carbons (Fsp3) is 0.105. The van der Waals surface area contributed by atoms with Crippen LogP contribution in [0.4, 0.5) is 0 Å². The third kappa shape index (κ3) is 3.01. The number of aromatic amines is 2. The number of rotatable bonds is 4. The molecule has 2 N–H and O–H groups in total. The zero-order chi connectivity index (χ0) is 17.2. The molecule has 0 saturated carbocycles. The molecule has 2 aromatic heterocycles. The maximum Gasteiger partial charge on any atom is 0.258 e. The van der Waals surface area contributed by atoms with Crippen molar-refractivity contribution in [2.75, 3.05) is 0 Å². The van der Waals surface area contributed by atoms with Crippen molar-refractivity contribution in [2.24, 2.45) is 0 Å². The van der Waals surface area contributed by atoms with Gasteiger partial charge < -0.3 is 9.72 Å². The van der Waals surface area contributed by atoms with Crippen molar-refractivity contribution in [2.45, 2.75) is 13.5 Å². The lowest BCUT2D eigenvalue weighted by molar-refractivity contribution is 0.294. The van der Waals surface area contributed by atoms with E-state index < -0.39 is 0 Å². The number of hydrogen-bond acceptors (Lipinski definition) is 4. The number of nitrogens with zero attached hydrogens (tertiary/aromatic N) is 2. The SMILES string of the molecule is Cc1ccccc1OCc1nc2ccc(-c3cn[nH]c3)cc2c(=O)[nH]1. The molecule has 124 valence electrons. The lowest BCUT2D eigenvalue weighted by atomic mass is 10.1. The molecule has 0 bridgehead atoms. The second-order valence-electron chi connectivity index (χ2n) is 5.79. The van der Waals surface area contributed by atoms with Gasteiger partial charge in [0.05, 0.1) is 17.1 Å². The van der Waals surface area contributed by atoms with Gasteiger partial charge in [0.1, 0.15) is 18.2 Å². The standard InChI is InChI=1S/C19H16N4O2/c1-12-4-2-3-5-17(12)25-11-18-22-16-7-6-13(14-9-20-21-10-14)8-15(16)19(24)23-18/h2-10H,11H2,1H3,(H,20,21)(H,22,23,24). The maximum atomic E-state index is 12.4. The molecule has 0 aliphatic heterocycles. The number of hydrogen-bond donors (Lipinski definition) is 2. The summed E-state index contributed by atoms with van der Waals surface area (Å²) >= 11 is 0. The van der Waals surface area contributed by atoms with Crippen LogP contribution < -0.4 is 10.3 Å². The molecule has 2 heterocycles. The summed E-state index contributed by atoms with van der Waals surface area (Å²) in [4.78, 5) is 19.7.